The second-order valence-electron chi connectivity index (χ2n) is 9.33. The van der Waals surface area contributed by atoms with Crippen molar-refractivity contribution in [1.29, 1.82) is 0 Å². The van der Waals surface area contributed by atoms with Gasteiger partial charge in [0.15, 0.2) is 0 Å². The number of aliphatic hydroxyl groups is 1. The van der Waals surface area contributed by atoms with E-state index in [-0.39, 0.29) is 0 Å². The normalized spacial score (nSPS) is 25.9. The van der Waals surface area contributed by atoms with Crippen LogP contribution in [0.5, 0.6) is 0 Å². The summed E-state index contributed by atoms with van der Waals surface area (Å²) in [7, 11) is 0. The van der Waals surface area contributed by atoms with E-state index in [9.17, 15) is 19.5 Å². The SMILES string of the molecule is CC(C(=O)N1C(=O)O[C@@H](c2ccccc2)[C@H]1C)C(O)[C@@H]1CCCN1C(=O)OC(C)(C)C. The molecule has 0 aliphatic carbocycles. The van der Waals surface area contributed by atoms with Gasteiger partial charge < -0.3 is 19.5 Å². The Bertz CT molecular complexity index is 821. The Labute approximate surface area is 183 Å². The summed E-state index contributed by atoms with van der Waals surface area (Å²) in [5, 5.41) is 11.0. The summed E-state index contributed by atoms with van der Waals surface area (Å²) in [6, 6.07) is 8.19. The molecule has 8 heteroatoms. The van der Waals surface area contributed by atoms with Crippen LogP contribution in [0.1, 0.15) is 59.1 Å². The third kappa shape index (κ3) is 4.84. The minimum absolute atomic E-state index is 0.454. The molecule has 170 valence electrons. The Morgan fingerprint density at radius 1 is 1.23 bits per heavy atom. The van der Waals surface area contributed by atoms with Crippen molar-refractivity contribution < 1.29 is 29.0 Å². The number of hydrogen-bond acceptors (Lipinski definition) is 6. The number of rotatable bonds is 4. The van der Waals surface area contributed by atoms with Crippen molar-refractivity contribution in [1.82, 2.24) is 9.80 Å². The van der Waals surface area contributed by atoms with Gasteiger partial charge in [-0.05, 0) is 46.1 Å². The molecule has 2 aliphatic rings. The van der Waals surface area contributed by atoms with Gasteiger partial charge in [0.05, 0.1) is 24.1 Å². The molecule has 2 fully saturated rings. The average molecular weight is 433 g/mol. The van der Waals surface area contributed by atoms with Crippen molar-refractivity contribution >= 4 is 18.1 Å². The first-order valence-corrected chi connectivity index (χ1v) is 10.8. The molecule has 1 aromatic carbocycles. The molecule has 2 saturated heterocycles. The van der Waals surface area contributed by atoms with Gasteiger partial charge in [0.25, 0.3) is 0 Å². The van der Waals surface area contributed by atoms with E-state index >= 15 is 0 Å². The molecule has 0 saturated carbocycles. The summed E-state index contributed by atoms with van der Waals surface area (Å²) in [6.45, 7) is 9.12. The van der Waals surface area contributed by atoms with Crippen molar-refractivity contribution in [3.8, 4) is 0 Å². The van der Waals surface area contributed by atoms with Gasteiger partial charge in [-0.15, -0.1) is 0 Å². The number of likely N-dealkylation sites (tertiary alicyclic amines) is 1. The van der Waals surface area contributed by atoms with Gasteiger partial charge in [-0.25, -0.2) is 14.5 Å². The summed E-state index contributed by atoms with van der Waals surface area (Å²) in [6.07, 6.45) is -1.65. The molecule has 2 heterocycles. The highest BCUT2D eigenvalue weighted by molar-refractivity contribution is 5.95. The zero-order valence-corrected chi connectivity index (χ0v) is 18.8. The predicted octanol–water partition coefficient (Wildman–Crippen LogP) is 3.49. The molecule has 3 rings (SSSR count). The van der Waals surface area contributed by atoms with Crippen LogP contribution >= 0.6 is 0 Å². The van der Waals surface area contributed by atoms with Crippen LogP contribution in [0.3, 0.4) is 0 Å². The fourth-order valence-electron chi connectivity index (χ4n) is 4.24. The second-order valence-corrected chi connectivity index (χ2v) is 9.33. The monoisotopic (exact) mass is 432 g/mol. The molecule has 3 amide bonds. The van der Waals surface area contributed by atoms with E-state index in [2.05, 4.69) is 0 Å². The summed E-state index contributed by atoms with van der Waals surface area (Å²) >= 11 is 0. The summed E-state index contributed by atoms with van der Waals surface area (Å²) in [4.78, 5) is 40.8. The highest BCUT2D eigenvalue weighted by atomic mass is 16.6. The van der Waals surface area contributed by atoms with E-state index < -0.39 is 53.9 Å². The molecule has 0 bridgehead atoms. The zero-order valence-electron chi connectivity index (χ0n) is 18.8. The number of nitrogens with zero attached hydrogens (tertiary/aromatic N) is 2. The molecule has 1 N–H and O–H groups in total. The maximum Gasteiger partial charge on any atom is 0.417 e. The molecule has 0 aromatic heterocycles. The third-order valence-corrected chi connectivity index (χ3v) is 5.86. The van der Waals surface area contributed by atoms with Crippen LogP contribution in [0, 0.1) is 5.92 Å². The van der Waals surface area contributed by atoms with Crippen LogP contribution in [0.25, 0.3) is 0 Å². The van der Waals surface area contributed by atoms with Crippen molar-refractivity contribution in [3.05, 3.63) is 35.9 Å². The maximum atomic E-state index is 13.2. The summed E-state index contributed by atoms with van der Waals surface area (Å²) in [5.74, 6) is -1.41. The van der Waals surface area contributed by atoms with Gasteiger partial charge in [0.2, 0.25) is 5.91 Å². The van der Waals surface area contributed by atoms with E-state index in [4.69, 9.17) is 9.47 Å². The fourth-order valence-corrected chi connectivity index (χ4v) is 4.24. The largest absolute Gasteiger partial charge is 0.444 e. The van der Waals surface area contributed by atoms with Crippen LogP contribution in [-0.4, -0.2) is 63.3 Å². The number of ether oxygens (including phenoxy) is 2. The number of carbonyl (C=O) groups excluding carboxylic acids is 3. The number of aliphatic hydroxyl groups excluding tert-OH is 1. The lowest BCUT2D eigenvalue weighted by Gasteiger charge is -2.34. The van der Waals surface area contributed by atoms with E-state index in [0.29, 0.717) is 19.4 Å². The topological polar surface area (TPSA) is 96.4 Å². The Morgan fingerprint density at radius 3 is 2.48 bits per heavy atom. The lowest BCUT2D eigenvalue weighted by Crippen LogP contribution is -2.51. The highest BCUT2D eigenvalue weighted by Crippen LogP contribution is 2.34. The molecule has 31 heavy (non-hydrogen) atoms. The van der Waals surface area contributed by atoms with E-state index in [1.54, 1.807) is 34.6 Å². The number of amides is 3. The van der Waals surface area contributed by atoms with Crippen molar-refractivity contribution in [2.24, 2.45) is 5.92 Å². The molecular weight excluding hydrogens is 400 g/mol. The number of cyclic esters (lactones) is 1. The predicted molar refractivity (Wildman–Crippen MR) is 113 cm³/mol. The molecule has 8 nitrogen and oxygen atoms in total. The van der Waals surface area contributed by atoms with Gasteiger partial charge in [-0.1, -0.05) is 37.3 Å². The number of carbonyl (C=O) groups is 3. The standard InChI is InChI=1S/C23H32N2O6/c1-14(18(26)17-12-9-13-24(17)21(28)31-23(3,4)5)20(27)25-15(2)19(30-22(25)29)16-10-7-6-8-11-16/h6-8,10-11,14-15,17-19,26H,9,12-13H2,1-5H3/t14?,15-,17+,18?,19-/m1/s1. The molecule has 0 spiro atoms. The number of imide groups is 1. The Balaban J connectivity index is 1.71. The van der Waals surface area contributed by atoms with Crippen LogP contribution in [0.2, 0.25) is 0 Å². The highest BCUT2D eigenvalue weighted by Gasteiger charge is 2.47. The quantitative estimate of drug-likeness (QED) is 0.782. The van der Waals surface area contributed by atoms with Gasteiger partial charge in [-0.3, -0.25) is 4.79 Å². The van der Waals surface area contributed by atoms with Crippen LogP contribution in [-0.2, 0) is 14.3 Å². The Kier molecular flexibility index (Phi) is 6.59. The zero-order chi connectivity index (χ0) is 22.9. The molecule has 2 unspecified atom stereocenters. The smallest absolute Gasteiger partial charge is 0.417 e. The first-order chi connectivity index (χ1) is 14.5. The van der Waals surface area contributed by atoms with Crippen LogP contribution in [0.15, 0.2) is 30.3 Å². The fraction of sp³-hybridized carbons (Fsp3) is 0.609. The van der Waals surface area contributed by atoms with Gasteiger partial charge in [0.1, 0.15) is 11.7 Å². The van der Waals surface area contributed by atoms with Gasteiger partial charge >= 0.3 is 12.2 Å². The van der Waals surface area contributed by atoms with Crippen molar-refractivity contribution in [2.75, 3.05) is 6.54 Å². The molecule has 0 radical (unpaired) electrons. The minimum Gasteiger partial charge on any atom is -0.444 e. The Morgan fingerprint density at radius 2 is 1.87 bits per heavy atom. The van der Waals surface area contributed by atoms with Gasteiger partial charge in [0, 0.05) is 6.54 Å². The van der Waals surface area contributed by atoms with E-state index in [1.165, 1.54) is 4.90 Å². The lowest BCUT2D eigenvalue weighted by molar-refractivity contribution is -0.137. The molecule has 1 aromatic rings. The molecule has 2 aliphatic heterocycles. The second kappa shape index (κ2) is 8.86. The maximum absolute atomic E-state index is 13.2. The van der Waals surface area contributed by atoms with Crippen molar-refractivity contribution in [3.63, 3.8) is 0 Å². The first kappa shape index (κ1) is 23.1. The minimum atomic E-state index is -1.13. The van der Waals surface area contributed by atoms with Crippen molar-refractivity contribution in [2.45, 2.75) is 77.4 Å². The third-order valence-electron chi connectivity index (χ3n) is 5.86. The van der Waals surface area contributed by atoms with Gasteiger partial charge in [-0.2, -0.15) is 0 Å². The molecule has 5 atom stereocenters. The molecular formula is C23H32N2O6. The summed E-state index contributed by atoms with van der Waals surface area (Å²) < 4.78 is 10.9. The van der Waals surface area contributed by atoms with Crippen LogP contribution in [0.4, 0.5) is 9.59 Å². The van der Waals surface area contributed by atoms with Crippen LogP contribution < -0.4 is 0 Å². The first-order valence-electron chi connectivity index (χ1n) is 10.8. The van der Waals surface area contributed by atoms with E-state index in [1.807, 2.05) is 30.3 Å². The number of hydrogen-bond donors (Lipinski definition) is 1. The summed E-state index contributed by atoms with van der Waals surface area (Å²) in [5.41, 5.74) is 0.149. The lowest BCUT2D eigenvalue weighted by atomic mass is 9.94. The van der Waals surface area contributed by atoms with E-state index in [0.717, 1.165) is 10.5 Å². The number of benzene rings is 1. The Hall–Kier alpha value is -2.61. The average Bonchev–Trinajstić information content (AvgIpc) is 3.30.